The maximum absolute atomic E-state index is 14.1. The van der Waals surface area contributed by atoms with Crippen LogP contribution in [0.4, 0.5) is 5.69 Å². The number of likely N-dealkylation sites (N-methyl/N-ethyl adjacent to an activating group) is 1. The van der Waals surface area contributed by atoms with Crippen molar-refractivity contribution in [3.63, 3.8) is 0 Å². The first-order valence-electron chi connectivity index (χ1n) is 13.3. The molecule has 0 unspecified atom stereocenters. The molecule has 0 saturated carbocycles. The largest absolute Gasteiger partial charge is 0.355 e. The van der Waals surface area contributed by atoms with Crippen molar-refractivity contribution in [2.24, 2.45) is 0 Å². The highest BCUT2D eigenvalue weighted by Gasteiger charge is 2.34. The molecule has 3 aromatic rings. The number of rotatable bonds is 11. The Kier molecular flexibility index (Phi) is 9.92. The summed E-state index contributed by atoms with van der Waals surface area (Å²) in [5.74, 6) is -0.714. The summed E-state index contributed by atoms with van der Waals surface area (Å²) >= 11 is 0. The fourth-order valence-electron chi connectivity index (χ4n) is 4.62. The fourth-order valence-corrected chi connectivity index (χ4v) is 6.10. The number of aryl methyl sites for hydroxylation is 4. The lowest BCUT2D eigenvalue weighted by molar-refractivity contribution is -0.140. The molecule has 0 spiro atoms. The topological polar surface area (TPSA) is 86.8 Å². The van der Waals surface area contributed by atoms with Crippen LogP contribution in [0.5, 0.6) is 0 Å². The van der Waals surface area contributed by atoms with Gasteiger partial charge in [0.2, 0.25) is 11.8 Å². The quantitative estimate of drug-likeness (QED) is 0.362. The Hall–Kier alpha value is -3.65. The molecule has 0 aliphatic rings. The third-order valence-electron chi connectivity index (χ3n) is 6.85. The number of sulfonamides is 1. The van der Waals surface area contributed by atoms with Crippen molar-refractivity contribution < 1.29 is 18.0 Å². The Morgan fingerprint density at radius 1 is 0.846 bits per heavy atom. The zero-order valence-electron chi connectivity index (χ0n) is 23.7. The van der Waals surface area contributed by atoms with Crippen LogP contribution in [0, 0.1) is 27.7 Å². The zero-order chi connectivity index (χ0) is 28.7. The number of nitrogens with one attached hydrogen (secondary N) is 1. The van der Waals surface area contributed by atoms with Crippen LogP contribution in [0.25, 0.3) is 0 Å². The van der Waals surface area contributed by atoms with E-state index in [1.807, 2.05) is 77.9 Å². The van der Waals surface area contributed by atoms with E-state index < -0.39 is 28.5 Å². The van der Waals surface area contributed by atoms with E-state index in [0.717, 1.165) is 27.8 Å². The van der Waals surface area contributed by atoms with Gasteiger partial charge < -0.3 is 10.2 Å². The lowest BCUT2D eigenvalue weighted by atomic mass is 10.1. The summed E-state index contributed by atoms with van der Waals surface area (Å²) in [5.41, 5.74) is 4.96. The first-order chi connectivity index (χ1) is 18.5. The molecule has 3 aromatic carbocycles. The van der Waals surface area contributed by atoms with E-state index in [1.54, 1.807) is 30.3 Å². The predicted molar refractivity (Wildman–Crippen MR) is 156 cm³/mol. The van der Waals surface area contributed by atoms with E-state index in [4.69, 9.17) is 0 Å². The highest BCUT2D eigenvalue weighted by molar-refractivity contribution is 7.92. The van der Waals surface area contributed by atoms with Gasteiger partial charge in [-0.1, -0.05) is 66.6 Å². The molecule has 8 heteroatoms. The molecule has 0 aliphatic carbocycles. The van der Waals surface area contributed by atoms with Gasteiger partial charge in [0.15, 0.2) is 0 Å². The molecule has 2 amide bonds. The average molecular weight is 550 g/mol. The molecule has 0 saturated heterocycles. The second kappa shape index (κ2) is 12.9. The molecule has 3 rings (SSSR count). The van der Waals surface area contributed by atoms with Crippen molar-refractivity contribution >= 4 is 27.5 Å². The van der Waals surface area contributed by atoms with E-state index in [0.29, 0.717) is 18.7 Å². The van der Waals surface area contributed by atoms with E-state index >= 15 is 0 Å². The van der Waals surface area contributed by atoms with E-state index in [2.05, 4.69) is 5.32 Å². The normalized spacial score (nSPS) is 12.1. The molecular formula is C31H39N3O4S. The number of anilines is 1. The van der Waals surface area contributed by atoms with Crippen molar-refractivity contribution in [3.8, 4) is 0 Å². The number of benzene rings is 3. The van der Waals surface area contributed by atoms with E-state index in [1.165, 1.54) is 9.21 Å². The zero-order valence-corrected chi connectivity index (χ0v) is 24.5. The van der Waals surface area contributed by atoms with Crippen molar-refractivity contribution in [2.75, 3.05) is 17.4 Å². The second-order valence-corrected chi connectivity index (χ2v) is 11.7. The Morgan fingerprint density at radius 2 is 1.49 bits per heavy atom. The van der Waals surface area contributed by atoms with Crippen LogP contribution in [0.3, 0.4) is 0 Å². The summed E-state index contributed by atoms with van der Waals surface area (Å²) in [6.45, 7) is 11.5. The molecule has 0 heterocycles. The number of amides is 2. The summed E-state index contributed by atoms with van der Waals surface area (Å²) < 4.78 is 29.2. The fraction of sp³-hybridized carbons (Fsp3) is 0.355. The van der Waals surface area contributed by atoms with Gasteiger partial charge in [-0.3, -0.25) is 13.9 Å². The smallest absolute Gasteiger partial charge is 0.264 e. The Bertz CT molecular complexity index is 1420. The summed E-state index contributed by atoms with van der Waals surface area (Å²) in [7, 11) is -4.09. The SMILES string of the molecule is CCNC(=O)[C@@H](CC)N(Cc1ccccc1C)C(=O)CN(c1ccc(C)cc1C)S(=O)(=O)c1ccc(C)cc1. The van der Waals surface area contributed by atoms with Crippen LogP contribution in [0.2, 0.25) is 0 Å². The van der Waals surface area contributed by atoms with Crippen LogP contribution < -0.4 is 9.62 Å². The Morgan fingerprint density at radius 3 is 2.08 bits per heavy atom. The van der Waals surface area contributed by atoms with Gasteiger partial charge in [0.25, 0.3) is 10.0 Å². The third-order valence-corrected chi connectivity index (χ3v) is 8.62. The van der Waals surface area contributed by atoms with Crippen LogP contribution in [0.1, 0.15) is 48.1 Å². The van der Waals surface area contributed by atoms with E-state index in [-0.39, 0.29) is 17.3 Å². The molecule has 0 fully saturated rings. The maximum atomic E-state index is 14.1. The first kappa shape index (κ1) is 29.9. The molecule has 0 bridgehead atoms. The highest BCUT2D eigenvalue weighted by Crippen LogP contribution is 2.28. The minimum absolute atomic E-state index is 0.0992. The van der Waals surface area contributed by atoms with Crippen LogP contribution in [0.15, 0.2) is 71.6 Å². The van der Waals surface area contributed by atoms with Crippen LogP contribution in [-0.4, -0.2) is 44.3 Å². The average Bonchev–Trinajstić information content (AvgIpc) is 2.89. The number of carbonyl (C=O) groups excluding carboxylic acids is 2. The van der Waals surface area contributed by atoms with Gasteiger partial charge in [-0.15, -0.1) is 0 Å². The molecule has 0 aromatic heterocycles. The highest BCUT2D eigenvalue weighted by atomic mass is 32.2. The molecule has 1 atom stereocenters. The molecule has 0 radical (unpaired) electrons. The Labute approximate surface area is 232 Å². The lowest BCUT2D eigenvalue weighted by Crippen LogP contribution is -2.52. The van der Waals surface area contributed by atoms with Gasteiger partial charge in [-0.05, 0) is 75.9 Å². The summed E-state index contributed by atoms with van der Waals surface area (Å²) in [6.07, 6.45) is 0.387. The molecule has 7 nitrogen and oxygen atoms in total. The Balaban J connectivity index is 2.11. The van der Waals surface area contributed by atoms with Crippen molar-refractivity contribution in [1.82, 2.24) is 10.2 Å². The van der Waals surface area contributed by atoms with Crippen molar-refractivity contribution in [2.45, 2.75) is 65.4 Å². The number of carbonyl (C=O) groups is 2. The van der Waals surface area contributed by atoms with Gasteiger partial charge in [-0.2, -0.15) is 0 Å². The first-order valence-corrected chi connectivity index (χ1v) is 14.7. The summed E-state index contributed by atoms with van der Waals surface area (Å²) in [4.78, 5) is 28.8. The van der Waals surface area contributed by atoms with Gasteiger partial charge in [0.1, 0.15) is 12.6 Å². The number of hydrogen-bond donors (Lipinski definition) is 1. The maximum Gasteiger partial charge on any atom is 0.264 e. The van der Waals surface area contributed by atoms with Crippen LogP contribution in [-0.2, 0) is 26.2 Å². The molecule has 0 aliphatic heterocycles. The molecule has 1 N–H and O–H groups in total. The third kappa shape index (κ3) is 7.06. The van der Waals surface area contributed by atoms with Gasteiger partial charge in [-0.25, -0.2) is 8.42 Å². The van der Waals surface area contributed by atoms with Gasteiger partial charge >= 0.3 is 0 Å². The van der Waals surface area contributed by atoms with Crippen LogP contribution >= 0.6 is 0 Å². The van der Waals surface area contributed by atoms with Crippen molar-refractivity contribution in [3.05, 3.63) is 94.5 Å². The molecule has 39 heavy (non-hydrogen) atoms. The minimum atomic E-state index is -4.09. The predicted octanol–water partition coefficient (Wildman–Crippen LogP) is 5.06. The van der Waals surface area contributed by atoms with Gasteiger partial charge in [0.05, 0.1) is 10.6 Å². The monoisotopic (exact) mass is 549 g/mol. The summed E-state index contributed by atoms with van der Waals surface area (Å²) in [6, 6.07) is 19.0. The van der Waals surface area contributed by atoms with E-state index in [9.17, 15) is 18.0 Å². The number of nitrogens with zero attached hydrogens (tertiary/aromatic N) is 2. The summed E-state index contributed by atoms with van der Waals surface area (Å²) in [5, 5.41) is 2.83. The second-order valence-electron chi connectivity index (χ2n) is 9.88. The molecule has 208 valence electrons. The number of hydrogen-bond acceptors (Lipinski definition) is 4. The minimum Gasteiger partial charge on any atom is -0.355 e. The van der Waals surface area contributed by atoms with Gasteiger partial charge in [0, 0.05) is 13.1 Å². The lowest BCUT2D eigenvalue weighted by Gasteiger charge is -2.34. The standard InChI is InChI=1S/C31H39N3O4S/c1-7-28(31(36)32-8-2)33(20-26-12-10-9-11-24(26)5)30(35)21-34(29-18-15-23(4)19-25(29)6)39(37,38)27-16-13-22(3)14-17-27/h9-19,28H,7-8,20-21H2,1-6H3,(H,32,36)/t28-/m1/s1. The van der Waals surface area contributed by atoms with Crippen molar-refractivity contribution in [1.29, 1.82) is 0 Å². The molecular weight excluding hydrogens is 510 g/mol.